The summed E-state index contributed by atoms with van der Waals surface area (Å²) in [6.45, 7) is 11.5. The SMILES string of the molecule is C=C(C)C(=O)Oc1ccc(N(c2ccc(OC)cc2)c2ccc(N(CC)CC)cc2)cc1. The summed E-state index contributed by atoms with van der Waals surface area (Å²) in [6, 6.07) is 23.9. The van der Waals surface area contributed by atoms with Gasteiger partial charge < -0.3 is 19.3 Å². The van der Waals surface area contributed by atoms with Crippen LogP contribution in [0.5, 0.6) is 11.5 Å². The zero-order chi connectivity index (χ0) is 23.1. The molecule has 5 heteroatoms. The van der Waals surface area contributed by atoms with Gasteiger partial charge in [0.15, 0.2) is 0 Å². The Hall–Kier alpha value is -3.73. The number of hydrogen-bond donors (Lipinski definition) is 0. The van der Waals surface area contributed by atoms with Gasteiger partial charge in [-0.3, -0.25) is 0 Å². The summed E-state index contributed by atoms with van der Waals surface area (Å²) in [5.41, 5.74) is 4.52. The molecular formula is C27H30N2O3. The molecule has 0 N–H and O–H groups in total. The molecule has 0 saturated carbocycles. The van der Waals surface area contributed by atoms with Crippen molar-refractivity contribution in [3.05, 3.63) is 84.9 Å². The Morgan fingerprint density at radius 2 is 1.16 bits per heavy atom. The number of benzene rings is 3. The van der Waals surface area contributed by atoms with Crippen molar-refractivity contribution in [1.82, 2.24) is 0 Å². The lowest BCUT2D eigenvalue weighted by Gasteiger charge is -2.27. The second-order valence-corrected chi connectivity index (χ2v) is 7.39. The van der Waals surface area contributed by atoms with Gasteiger partial charge in [-0.1, -0.05) is 6.58 Å². The standard InChI is InChI=1S/C27H30N2O3/c1-6-28(7-2)21-8-10-22(11-9-21)29(23-12-16-25(31-5)17-13-23)24-14-18-26(19-15-24)32-27(30)20(3)4/h8-19H,3,6-7H2,1-2,4-5H3. The first-order valence-electron chi connectivity index (χ1n) is 10.7. The predicted octanol–water partition coefficient (Wildman–Crippen LogP) is 6.49. The molecule has 0 aliphatic heterocycles. The van der Waals surface area contributed by atoms with Crippen molar-refractivity contribution in [1.29, 1.82) is 0 Å². The summed E-state index contributed by atoms with van der Waals surface area (Å²) >= 11 is 0. The number of carbonyl (C=O) groups is 1. The molecule has 3 aromatic carbocycles. The van der Waals surface area contributed by atoms with Gasteiger partial charge in [0.1, 0.15) is 11.5 Å². The van der Waals surface area contributed by atoms with Crippen molar-refractivity contribution in [2.75, 3.05) is 30.0 Å². The lowest BCUT2D eigenvalue weighted by atomic mass is 10.1. The fraction of sp³-hybridized carbons (Fsp3) is 0.222. The van der Waals surface area contributed by atoms with Crippen molar-refractivity contribution in [3.8, 4) is 11.5 Å². The van der Waals surface area contributed by atoms with E-state index in [2.05, 4.69) is 54.5 Å². The molecule has 5 nitrogen and oxygen atoms in total. The predicted molar refractivity (Wildman–Crippen MR) is 132 cm³/mol. The zero-order valence-corrected chi connectivity index (χ0v) is 19.2. The smallest absolute Gasteiger partial charge is 0.338 e. The van der Waals surface area contributed by atoms with Crippen LogP contribution in [0.15, 0.2) is 84.9 Å². The van der Waals surface area contributed by atoms with E-state index in [1.165, 1.54) is 5.69 Å². The first-order chi connectivity index (χ1) is 15.5. The molecule has 0 aliphatic rings. The highest BCUT2D eigenvalue weighted by molar-refractivity contribution is 5.89. The molecule has 0 heterocycles. The summed E-state index contributed by atoms with van der Waals surface area (Å²) in [7, 11) is 1.66. The fourth-order valence-electron chi connectivity index (χ4n) is 3.44. The second kappa shape index (κ2) is 10.5. The molecule has 32 heavy (non-hydrogen) atoms. The lowest BCUT2D eigenvalue weighted by Crippen LogP contribution is -2.21. The molecule has 0 saturated heterocycles. The number of rotatable bonds is 9. The van der Waals surface area contributed by atoms with Gasteiger partial charge in [0.05, 0.1) is 7.11 Å². The van der Waals surface area contributed by atoms with Crippen LogP contribution in [0.3, 0.4) is 0 Å². The van der Waals surface area contributed by atoms with Crippen LogP contribution < -0.4 is 19.3 Å². The molecule has 0 atom stereocenters. The van der Waals surface area contributed by atoms with Crippen LogP contribution >= 0.6 is 0 Å². The maximum atomic E-state index is 11.8. The van der Waals surface area contributed by atoms with Crippen LogP contribution in [0.1, 0.15) is 20.8 Å². The van der Waals surface area contributed by atoms with Crippen LogP contribution in [0.25, 0.3) is 0 Å². The van der Waals surface area contributed by atoms with Crippen molar-refractivity contribution >= 4 is 28.7 Å². The maximum absolute atomic E-state index is 11.8. The van der Waals surface area contributed by atoms with Crippen LogP contribution in [0.4, 0.5) is 22.7 Å². The van der Waals surface area contributed by atoms with Crippen molar-refractivity contribution < 1.29 is 14.3 Å². The molecule has 0 amide bonds. The van der Waals surface area contributed by atoms with Gasteiger partial charge in [0.25, 0.3) is 0 Å². The molecule has 3 aromatic rings. The lowest BCUT2D eigenvalue weighted by molar-refractivity contribution is -0.130. The summed E-state index contributed by atoms with van der Waals surface area (Å²) in [4.78, 5) is 16.3. The molecule has 3 rings (SSSR count). The van der Waals surface area contributed by atoms with Gasteiger partial charge in [-0.05, 0) is 93.6 Å². The third-order valence-corrected chi connectivity index (χ3v) is 5.22. The maximum Gasteiger partial charge on any atom is 0.338 e. The quantitative estimate of drug-likeness (QED) is 0.220. The van der Waals surface area contributed by atoms with Gasteiger partial charge in [0.2, 0.25) is 0 Å². The first-order valence-corrected chi connectivity index (χ1v) is 10.7. The Balaban J connectivity index is 1.97. The Bertz CT molecular complexity index is 1040. The number of ether oxygens (including phenoxy) is 2. The molecule has 0 spiro atoms. The third-order valence-electron chi connectivity index (χ3n) is 5.22. The zero-order valence-electron chi connectivity index (χ0n) is 19.2. The summed E-state index contributed by atoms with van der Waals surface area (Å²) in [5, 5.41) is 0. The fourth-order valence-corrected chi connectivity index (χ4v) is 3.44. The Labute approximate surface area is 190 Å². The van der Waals surface area contributed by atoms with Crippen LogP contribution in [-0.2, 0) is 4.79 Å². The molecule has 166 valence electrons. The van der Waals surface area contributed by atoms with Crippen molar-refractivity contribution in [3.63, 3.8) is 0 Å². The largest absolute Gasteiger partial charge is 0.497 e. The van der Waals surface area contributed by atoms with Gasteiger partial charge in [-0.2, -0.15) is 0 Å². The van der Waals surface area contributed by atoms with Crippen LogP contribution in [0.2, 0.25) is 0 Å². The molecule has 0 bridgehead atoms. The molecule has 0 aliphatic carbocycles. The molecule has 0 unspecified atom stereocenters. The van der Waals surface area contributed by atoms with E-state index in [4.69, 9.17) is 9.47 Å². The minimum Gasteiger partial charge on any atom is -0.497 e. The minimum atomic E-state index is -0.434. The molecule has 0 fully saturated rings. The van der Waals surface area contributed by atoms with Crippen molar-refractivity contribution in [2.45, 2.75) is 20.8 Å². The second-order valence-electron chi connectivity index (χ2n) is 7.39. The molecule has 0 radical (unpaired) electrons. The minimum absolute atomic E-state index is 0.363. The van der Waals surface area contributed by atoms with E-state index in [0.717, 1.165) is 35.9 Å². The normalized spacial score (nSPS) is 10.4. The van der Waals surface area contributed by atoms with E-state index >= 15 is 0 Å². The van der Waals surface area contributed by atoms with E-state index in [9.17, 15) is 4.79 Å². The van der Waals surface area contributed by atoms with Crippen LogP contribution in [-0.4, -0.2) is 26.2 Å². The average molecular weight is 431 g/mol. The average Bonchev–Trinajstić information content (AvgIpc) is 2.82. The highest BCUT2D eigenvalue weighted by Gasteiger charge is 2.14. The Kier molecular flexibility index (Phi) is 7.55. The Morgan fingerprint density at radius 1 is 0.750 bits per heavy atom. The van der Waals surface area contributed by atoms with Gasteiger partial charge in [-0.15, -0.1) is 0 Å². The highest BCUT2D eigenvalue weighted by Crippen LogP contribution is 2.36. The van der Waals surface area contributed by atoms with Crippen molar-refractivity contribution in [2.24, 2.45) is 0 Å². The topological polar surface area (TPSA) is 42.0 Å². The first kappa shape index (κ1) is 22.9. The van der Waals surface area contributed by atoms with Crippen LogP contribution in [0, 0.1) is 0 Å². The summed E-state index contributed by atoms with van der Waals surface area (Å²) in [5.74, 6) is 0.845. The highest BCUT2D eigenvalue weighted by atomic mass is 16.5. The number of esters is 1. The van der Waals surface area contributed by atoms with Gasteiger partial charge in [-0.25, -0.2) is 4.79 Å². The third kappa shape index (κ3) is 5.30. The number of carbonyl (C=O) groups excluding carboxylic acids is 1. The van der Waals surface area contributed by atoms with E-state index in [1.807, 2.05) is 36.4 Å². The number of anilines is 4. The van der Waals surface area contributed by atoms with E-state index in [0.29, 0.717) is 11.3 Å². The van der Waals surface area contributed by atoms with Gasteiger partial charge in [0, 0.05) is 41.4 Å². The van der Waals surface area contributed by atoms with Gasteiger partial charge >= 0.3 is 5.97 Å². The molecule has 0 aromatic heterocycles. The number of methoxy groups -OCH3 is 1. The van der Waals surface area contributed by atoms with E-state index < -0.39 is 5.97 Å². The monoisotopic (exact) mass is 430 g/mol. The number of nitrogens with zero attached hydrogens (tertiary/aromatic N) is 2. The number of hydrogen-bond acceptors (Lipinski definition) is 5. The molecular weight excluding hydrogens is 400 g/mol. The van der Waals surface area contributed by atoms with E-state index in [1.54, 1.807) is 26.2 Å². The summed E-state index contributed by atoms with van der Waals surface area (Å²) < 4.78 is 10.7. The Morgan fingerprint density at radius 3 is 1.56 bits per heavy atom. The summed E-state index contributed by atoms with van der Waals surface area (Å²) in [6.07, 6.45) is 0. The van der Waals surface area contributed by atoms with E-state index in [-0.39, 0.29) is 0 Å².